The van der Waals surface area contributed by atoms with Crippen LogP contribution in [0.3, 0.4) is 0 Å². The highest BCUT2D eigenvalue weighted by Crippen LogP contribution is 2.31. The third kappa shape index (κ3) is 4.98. The monoisotopic (exact) mass is 481 g/mol. The molecule has 1 amide bonds. The Kier molecular flexibility index (Phi) is 6.60. The van der Waals surface area contributed by atoms with Crippen LogP contribution in [0.1, 0.15) is 17.2 Å². The topological polar surface area (TPSA) is 106 Å². The molecule has 4 rings (SSSR count). The van der Waals surface area contributed by atoms with Crippen LogP contribution in [0.5, 0.6) is 0 Å². The molecule has 0 spiro atoms. The number of oxazole rings is 1. The molecule has 1 atom stereocenters. The first-order valence-corrected chi connectivity index (χ1v) is 11.8. The summed E-state index contributed by atoms with van der Waals surface area (Å²) >= 11 is 5.94. The molecule has 168 valence electrons. The van der Waals surface area contributed by atoms with Gasteiger partial charge in [-0.1, -0.05) is 54.1 Å². The molecule has 7 nitrogen and oxygen atoms in total. The van der Waals surface area contributed by atoms with E-state index in [-0.39, 0.29) is 11.4 Å². The van der Waals surface area contributed by atoms with Gasteiger partial charge in [0.1, 0.15) is 12.3 Å². The standard InChI is InChI=1S/C24H20ClN3O4S/c25-20-10-12-21(13-11-20)33(30,31)28(22(23(26)29)18-4-2-1-3-5-18)16-17-6-8-19(9-7-17)24-27-14-15-32-24/h1-15,22H,16H2,(H2,26,29). The maximum absolute atomic E-state index is 13.7. The Hall–Kier alpha value is -3.46. The minimum atomic E-state index is -4.12. The Labute approximate surface area is 196 Å². The molecule has 0 fully saturated rings. The molecular formula is C24H20ClN3O4S. The van der Waals surface area contributed by atoms with E-state index in [0.717, 1.165) is 9.87 Å². The molecule has 9 heteroatoms. The molecule has 2 N–H and O–H groups in total. The second-order valence-electron chi connectivity index (χ2n) is 7.25. The van der Waals surface area contributed by atoms with Crippen molar-refractivity contribution in [2.24, 2.45) is 5.73 Å². The Balaban J connectivity index is 1.77. The Morgan fingerprint density at radius 3 is 2.24 bits per heavy atom. The largest absolute Gasteiger partial charge is 0.445 e. The zero-order valence-electron chi connectivity index (χ0n) is 17.3. The van der Waals surface area contributed by atoms with Gasteiger partial charge in [-0.3, -0.25) is 4.79 Å². The predicted octanol–water partition coefficient (Wildman–Crippen LogP) is 4.41. The number of amides is 1. The fourth-order valence-corrected chi connectivity index (χ4v) is 5.16. The first-order valence-electron chi connectivity index (χ1n) is 9.97. The summed E-state index contributed by atoms with van der Waals surface area (Å²) < 4.78 is 33.7. The Bertz CT molecular complexity index is 1330. The lowest BCUT2D eigenvalue weighted by molar-refractivity contribution is -0.122. The summed E-state index contributed by atoms with van der Waals surface area (Å²) in [5.41, 5.74) is 7.59. The van der Waals surface area contributed by atoms with Crippen LogP contribution in [-0.2, 0) is 21.4 Å². The summed E-state index contributed by atoms with van der Waals surface area (Å²) in [7, 11) is -4.12. The number of sulfonamides is 1. The molecule has 3 aromatic carbocycles. The maximum atomic E-state index is 13.7. The minimum Gasteiger partial charge on any atom is -0.445 e. The van der Waals surface area contributed by atoms with Crippen molar-refractivity contribution in [2.45, 2.75) is 17.5 Å². The molecule has 0 saturated heterocycles. The van der Waals surface area contributed by atoms with Gasteiger partial charge in [0.05, 0.1) is 11.1 Å². The average Bonchev–Trinajstić information content (AvgIpc) is 3.35. The van der Waals surface area contributed by atoms with Crippen molar-refractivity contribution in [3.8, 4) is 11.5 Å². The normalized spacial score (nSPS) is 12.5. The highest BCUT2D eigenvalue weighted by atomic mass is 35.5. The quantitative estimate of drug-likeness (QED) is 0.401. The van der Waals surface area contributed by atoms with Gasteiger partial charge in [0.2, 0.25) is 21.8 Å². The van der Waals surface area contributed by atoms with E-state index < -0.39 is 22.0 Å². The van der Waals surface area contributed by atoms with Crippen LogP contribution in [0.25, 0.3) is 11.5 Å². The van der Waals surface area contributed by atoms with Crippen molar-refractivity contribution < 1.29 is 17.6 Å². The zero-order valence-corrected chi connectivity index (χ0v) is 18.9. The lowest BCUT2D eigenvalue weighted by Gasteiger charge is -2.29. The van der Waals surface area contributed by atoms with Gasteiger partial charge in [0, 0.05) is 17.1 Å². The molecule has 0 radical (unpaired) electrons. The van der Waals surface area contributed by atoms with Gasteiger partial charge in [-0.2, -0.15) is 4.31 Å². The molecule has 0 aliphatic heterocycles. The van der Waals surface area contributed by atoms with E-state index in [4.69, 9.17) is 21.8 Å². The molecule has 1 heterocycles. The fraction of sp³-hybridized carbons (Fsp3) is 0.0833. The number of nitrogens with two attached hydrogens (primary N) is 1. The van der Waals surface area contributed by atoms with Crippen molar-refractivity contribution >= 4 is 27.5 Å². The van der Waals surface area contributed by atoms with E-state index in [2.05, 4.69) is 4.98 Å². The summed E-state index contributed by atoms with van der Waals surface area (Å²) in [5.74, 6) is -0.332. The number of nitrogens with zero attached hydrogens (tertiary/aromatic N) is 2. The Morgan fingerprint density at radius 1 is 1.00 bits per heavy atom. The SMILES string of the molecule is NC(=O)C(c1ccccc1)N(Cc1ccc(-c2ncco2)cc1)S(=O)(=O)c1ccc(Cl)cc1. The molecule has 1 unspecified atom stereocenters. The number of rotatable bonds is 8. The molecule has 0 saturated carbocycles. The third-order valence-corrected chi connectivity index (χ3v) is 7.14. The number of benzene rings is 3. The highest BCUT2D eigenvalue weighted by molar-refractivity contribution is 7.89. The Morgan fingerprint density at radius 2 is 1.67 bits per heavy atom. The smallest absolute Gasteiger partial charge is 0.244 e. The summed E-state index contributed by atoms with van der Waals surface area (Å²) in [6.45, 7) is -0.0840. The van der Waals surface area contributed by atoms with E-state index in [1.807, 2.05) is 0 Å². The number of hydrogen-bond donors (Lipinski definition) is 1. The number of primary amides is 1. The second kappa shape index (κ2) is 9.58. The van der Waals surface area contributed by atoms with E-state index >= 15 is 0 Å². The van der Waals surface area contributed by atoms with E-state index in [1.165, 1.54) is 30.5 Å². The number of carbonyl (C=O) groups is 1. The van der Waals surface area contributed by atoms with Crippen molar-refractivity contribution in [1.29, 1.82) is 0 Å². The van der Waals surface area contributed by atoms with E-state index in [0.29, 0.717) is 22.0 Å². The summed E-state index contributed by atoms with van der Waals surface area (Å²) in [4.78, 5) is 16.7. The van der Waals surface area contributed by atoms with Crippen LogP contribution < -0.4 is 5.73 Å². The molecular weight excluding hydrogens is 462 g/mol. The van der Waals surface area contributed by atoms with E-state index in [9.17, 15) is 13.2 Å². The molecule has 0 aliphatic carbocycles. The lowest BCUT2D eigenvalue weighted by Crippen LogP contribution is -2.41. The number of hydrogen-bond acceptors (Lipinski definition) is 5. The van der Waals surface area contributed by atoms with E-state index in [1.54, 1.807) is 60.8 Å². The molecule has 4 aromatic rings. The highest BCUT2D eigenvalue weighted by Gasteiger charge is 2.36. The minimum absolute atomic E-state index is 0.00508. The zero-order chi connectivity index (χ0) is 23.4. The van der Waals surface area contributed by atoms with Gasteiger partial charge in [-0.05, 0) is 47.5 Å². The second-order valence-corrected chi connectivity index (χ2v) is 9.58. The van der Waals surface area contributed by atoms with Crippen LogP contribution in [0, 0.1) is 0 Å². The van der Waals surface area contributed by atoms with Gasteiger partial charge in [-0.25, -0.2) is 13.4 Å². The first-order chi connectivity index (χ1) is 15.9. The summed E-state index contributed by atoms with van der Waals surface area (Å²) in [6.07, 6.45) is 3.02. The van der Waals surface area contributed by atoms with Crippen molar-refractivity contribution in [3.05, 3.63) is 107 Å². The van der Waals surface area contributed by atoms with Crippen molar-refractivity contribution in [3.63, 3.8) is 0 Å². The number of aromatic nitrogens is 1. The van der Waals surface area contributed by atoms with Gasteiger partial charge < -0.3 is 10.2 Å². The van der Waals surface area contributed by atoms with Gasteiger partial charge >= 0.3 is 0 Å². The summed E-state index contributed by atoms with van der Waals surface area (Å²) in [6, 6.07) is 20.2. The van der Waals surface area contributed by atoms with Gasteiger partial charge in [0.25, 0.3) is 0 Å². The lowest BCUT2D eigenvalue weighted by atomic mass is 10.1. The molecule has 1 aromatic heterocycles. The van der Waals surface area contributed by atoms with Gasteiger partial charge in [-0.15, -0.1) is 0 Å². The maximum Gasteiger partial charge on any atom is 0.244 e. The first kappa shape index (κ1) is 22.7. The number of carbonyl (C=O) groups excluding carboxylic acids is 1. The van der Waals surface area contributed by atoms with Crippen LogP contribution >= 0.6 is 11.6 Å². The van der Waals surface area contributed by atoms with Crippen LogP contribution in [0.15, 0.2) is 101 Å². The van der Waals surface area contributed by atoms with Crippen LogP contribution in [-0.4, -0.2) is 23.6 Å². The van der Waals surface area contributed by atoms with Crippen LogP contribution in [0.4, 0.5) is 0 Å². The summed E-state index contributed by atoms with van der Waals surface area (Å²) in [5, 5.41) is 0.400. The average molecular weight is 482 g/mol. The molecule has 0 bridgehead atoms. The molecule has 33 heavy (non-hydrogen) atoms. The fourth-order valence-electron chi connectivity index (χ4n) is 3.46. The van der Waals surface area contributed by atoms with Crippen LogP contribution in [0.2, 0.25) is 5.02 Å². The van der Waals surface area contributed by atoms with Crippen molar-refractivity contribution in [2.75, 3.05) is 0 Å². The predicted molar refractivity (Wildman–Crippen MR) is 124 cm³/mol. The number of halogens is 1. The van der Waals surface area contributed by atoms with Crippen molar-refractivity contribution in [1.82, 2.24) is 9.29 Å². The third-order valence-electron chi connectivity index (χ3n) is 5.06. The molecule has 0 aliphatic rings. The van der Waals surface area contributed by atoms with Gasteiger partial charge in [0.15, 0.2) is 0 Å².